The summed E-state index contributed by atoms with van der Waals surface area (Å²) in [5.41, 5.74) is 8.01. The highest BCUT2D eigenvalue weighted by Crippen LogP contribution is 2.36. The molecule has 1 aromatic carbocycles. The van der Waals surface area contributed by atoms with Crippen molar-refractivity contribution in [3.05, 3.63) is 47.5 Å². The molecule has 2 aliphatic carbocycles. The van der Waals surface area contributed by atoms with E-state index in [2.05, 4.69) is 23.2 Å². The molecule has 6 heteroatoms. The highest BCUT2D eigenvalue weighted by atomic mass is 16.5. The van der Waals surface area contributed by atoms with Gasteiger partial charge in [0.2, 0.25) is 0 Å². The molecular formula is C21H25N3O3. The predicted molar refractivity (Wildman–Crippen MR) is 102 cm³/mol. The topological polar surface area (TPSA) is 104 Å². The predicted octanol–water partition coefficient (Wildman–Crippen LogP) is 1.88. The minimum absolute atomic E-state index is 0.405. The van der Waals surface area contributed by atoms with Gasteiger partial charge in [-0.15, -0.1) is 0 Å². The Hall–Kier alpha value is -2.62. The van der Waals surface area contributed by atoms with Gasteiger partial charge < -0.3 is 11.1 Å². The van der Waals surface area contributed by atoms with Gasteiger partial charge in [-0.1, -0.05) is 30.8 Å². The highest BCUT2D eigenvalue weighted by Gasteiger charge is 2.50. The number of carbonyl (C=O) groups excluding carboxylic acids is 2. The number of benzene rings is 1. The van der Waals surface area contributed by atoms with Gasteiger partial charge in [-0.25, -0.2) is 5.48 Å². The summed E-state index contributed by atoms with van der Waals surface area (Å²) in [6.45, 7) is 0. The van der Waals surface area contributed by atoms with Gasteiger partial charge in [0, 0.05) is 16.7 Å². The van der Waals surface area contributed by atoms with Crippen molar-refractivity contribution in [2.24, 2.45) is 11.7 Å². The van der Waals surface area contributed by atoms with E-state index in [1.54, 1.807) is 29.7 Å². The Balaban J connectivity index is 1.59. The van der Waals surface area contributed by atoms with Crippen molar-refractivity contribution in [3.8, 4) is 11.8 Å². The Morgan fingerprint density at radius 3 is 2.48 bits per heavy atom. The SMILES string of the molecule is NC1([C@H](NC(=O)c2ccc(C#CC=CC3CCCC3)cc2)C(=O)NO)CC1. The Labute approximate surface area is 159 Å². The van der Waals surface area contributed by atoms with Gasteiger partial charge in [0.05, 0.1) is 0 Å². The largest absolute Gasteiger partial charge is 0.338 e. The summed E-state index contributed by atoms with van der Waals surface area (Å²) < 4.78 is 0. The lowest BCUT2D eigenvalue weighted by molar-refractivity contribution is -0.131. The van der Waals surface area contributed by atoms with E-state index < -0.39 is 23.4 Å². The molecule has 142 valence electrons. The summed E-state index contributed by atoms with van der Waals surface area (Å²) in [7, 11) is 0. The molecule has 1 atom stereocenters. The Kier molecular flexibility index (Phi) is 5.94. The minimum atomic E-state index is -0.963. The molecule has 27 heavy (non-hydrogen) atoms. The summed E-state index contributed by atoms with van der Waals surface area (Å²) in [4.78, 5) is 24.2. The second-order valence-corrected chi connectivity index (χ2v) is 7.37. The molecule has 3 rings (SSSR count). The third-order valence-corrected chi connectivity index (χ3v) is 5.27. The third-order valence-electron chi connectivity index (χ3n) is 5.27. The molecule has 6 nitrogen and oxygen atoms in total. The van der Waals surface area contributed by atoms with Crippen LogP contribution in [0.2, 0.25) is 0 Å². The molecule has 0 unspecified atom stereocenters. The number of carbonyl (C=O) groups is 2. The van der Waals surface area contributed by atoms with Crippen molar-refractivity contribution in [3.63, 3.8) is 0 Å². The number of nitrogens with one attached hydrogen (secondary N) is 2. The molecule has 1 aromatic rings. The molecule has 0 saturated heterocycles. The molecule has 0 heterocycles. The number of rotatable bonds is 5. The molecule has 2 saturated carbocycles. The van der Waals surface area contributed by atoms with Crippen LogP contribution in [-0.4, -0.2) is 28.6 Å². The Morgan fingerprint density at radius 1 is 1.22 bits per heavy atom. The molecule has 0 spiro atoms. The van der Waals surface area contributed by atoms with Crippen LogP contribution in [0.15, 0.2) is 36.4 Å². The molecule has 2 fully saturated rings. The van der Waals surface area contributed by atoms with E-state index in [1.165, 1.54) is 25.7 Å². The summed E-state index contributed by atoms with van der Waals surface area (Å²) in [6, 6.07) is 5.88. The summed E-state index contributed by atoms with van der Waals surface area (Å²) in [5, 5.41) is 11.5. The zero-order valence-electron chi connectivity index (χ0n) is 15.2. The van der Waals surface area contributed by atoms with Crippen LogP contribution in [0.1, 0.15) is 54.4 Å². The van der Waals surface area contributed by atoms with Crippen molar-refractivity contribution in [1.82, 2.24) is 10.8 Å². The first-order chi connectivity index (χ1) is 13.0. The van der Waals surface area contributed by atoms with Crippen molar-refractivity contribution in [1.29, 1.82) is 0 Å². The number of hydrogen-bond donors (Lipinski definition) is 4. The van der Waals surface area contributed by atoms with Crippen LogP contribution in [0, 0.1) is 17.8 Å². The average Bonchev–Trinajstić information content (AvgIpc) is 3.21. The highest BCUT2D eigenvalue weighted by molar-refractivity contribution is 5.98. The molecule has 5 N–H and O–H groups in total. The minimum Gasteiger partial charge on any atom is -0.338 e. The van der Waals surface area contributed by atoms with Gasteiger partial charge in [0.25, 0.3) is 11.8 Å². The molecule has 0 radical (unpaired) electrons. The van der Waals surface area contributed by atoms with E-state index >= 15 is 0 Å². The van der Waals surface area contributed by atoms with Crippen molar-refractivity contribution >= 4 is 11.8 Å². The molecule has 2 aliphatic rings. The first-order valence-corrected chi connectivity index (χ1v) is 9.34. The fraction of sp³-hybridized carbons (Fsp3) is 0.429. The fourth-order valence-electron chi connectivity index (χ4n) is 3.35. The number of amides is 2. The normalized spacial score (nSPS) is 19.2. The number of nitrogens with two attached hydrogens (primary N) is 1. The average molecular weight is 367 g/mol. The molecule has 2 amide bonds. The van der Waals surface area contributed by atoms with Crippen LogP contribution in [-0.2, 0) is 4.79 Å². The zero-order valence-corrected chi connectivity index (χ0v) is 15.2. The molecule has 0 bridgehead atoms. The lowest BCUT2D eigenvalue weighted by Gasteiger charge is -2.22. The van der Waals surface area contributed by atoms with E-state index in [1.807, 2.05) is 6.08 Å². The standard InChI is InChI=1S/C21H25N3O3/c22-21(13-14-21)18(20(26)24-27)23-19(25)17-11-9-16(10-12-17)8-4-3-7-15-5-1-2-6-15/h3,7,9-12,15,18,27H,1-2,5-6,13-14,22H2,(H,23,25)(H,24,26)/t18-/m1/s1. The van der Waals surface area contributed by atoms with Gasteiger partial charge in [-0.05, 0) is 61.9 Å². The number of allylic oxidation sites excluding steroid dienone is 2. The number of hydrogen-bond acceptors (Lipinski definition) is 4. The maximum Gasteiger partial charge on any atom is 0.267 e. The van der Waals surface area contributed by atoms with Crippen LogP contribution in [0.4, 0.5) is 0 Å². The van der Waals surface area contributed by atoms with E-state index in [0.29, 0.717) is 24.3 Å². The van der Waals surface area contributed by atoms with E-state index in [0.717, 1.165) is 5.56 Å². The summed E-state index contributed by atoms with van der Waals surface area (Å²) >= 11 is 0. The van der Waals surface area contributed by atoms with Gasteiger partial charge >= 0.3 is 0 Å². The van der Waals surface area contributed by atoms with Crippen molar-refractivity contribution in [2.45, 2.75) is 50.1 Å². The lowest BCUT2D eigenvalue weighted by Crippen LogP contribution is -2.57. The summed E-state index contributed by atoms with van der Waals surface area (Å²) in [5.74, 6) is 5.62. The zero-order chi connectivity index (χ0) is 19.3. The van der Waals surface area contributed by atoms with Crippen LogP contribution in [0.5, 0.6) is 0 Å². The van der Waals surface area contributed by atoms with Crippen LogP contribution < -0.4 is 16.5 Å². The smallest absolute Gasteiger partial charge is 0.267 e. The van der Waals surface area contributed by atoms with Gasteiger partial charge in [-0.2, -0.15) is 0 Å². The maximum atomic E-state index is 12.4. The monoisotopic (exact) mass is 367 g/mol. The fourth-order valence-corrected chi connectivity index (χ4v) is 3.35. The van der Waals surface area contributed by atoms with Crippen LogP contribution >= 0.6 is 0 Å². The van der Waals surface area contributed by atoms with Crippen LogP contribution in [0.25, 0.3) is 0 Å². The van der Waals surface area contributed by atoms with Crippen molar-refractivity contribution in [2.75, 3.05) is 0 Å². The van der Waals surface area contributed by atoms with Gasteiger partial charge in [-0.3, -0.25) is 14.8 Å². The summed E-state index contributed by atoms with van der Waals surface area (Å²) in [6.07, 6.45) is 10.4. The second-order valence-electron chi connectivity index (χ2n) is 7.37. The number of hydroxylamine groups is 1. The Bertz CT molecular complexity index is 779. The van der Waals surface area contributed by atoms with Gasteiger partial charge in [0.1, 0.15) is 6.04 Å². The lowest BCUT2D eigenvalue weighted by atomic mass is 10.1. The first kappa shape index (κ1) is 19.2. The molecular weight excluding hydrogens is 342 g/mol. The van der Waals surface area contributed by atoms with E-state index in [4.69, 9.17) is 10.9 Å². The van der Waals surface area contributed by atoms with Gasteiger partial charge in [0.15, 0.2) is 0 Å². The quantitative estimate of drug-likeness (QED) is 0.362. The van der Waals surface area contributed by atoms with E-state index in [9.17, 15) is 9.59 Å². The molecule has 0 aromatic heterocycles. The van der Waals surface area contributed by atoms with Crippen molar-refractivity contribution < 1.29 is 14.8 Å². The maximum absolute atomic E-state index is 12.4. The van der Waals surface area contributed by atoms with E-state index in [-0.39, 0.29) is 0 Å². The second kappa shape index (κ2) is 8.38. The Morgan fingerprint density at radius 2 is 1.89 bits per heavy atom. The molecule has 0 aliphatic heterocycles. The first-order valence-electron chi connectivity index (χ1n) is 9.34. The third kappa shape index (κ3) is 4.97. The van der Waals surface area contributed by atoms with Crippen LogP contribution in [0.3, 0.4) is 0 Å².